The first kappa shape index (κ1) is 19.3. The van der Waals surface area contributed by atoms with Crippen LogP contribution in [0.1, 0.15) is 49.5 Å². The highest BCUT2D eigenvalue weighted by Gasteiger charge is 2.23. The van der Waals surface area contributed by atoms with Crippen LogP contribution in [0.15, 0.2) is 28.3 Å². The molecule has 2 aromatic rings. The molecule has 9 heteroatoms. The SMILES string of the molecule is CSc1nnc(CCCN=Cc2cc([N+](=O)[O-])ccc2[O-])n1C1CCCC1. The van der Waals surface area contributed by atoms with E-state index in [-0.39, 0.29) is 17.0 Å². The van der Waals surface area contributed by atoms with Crippen LogP contribution in [-0.2, 0) is 6.42 Å². The van der Waals surface area contributed by atoms with Gasteiger partial charge >= 0.3 is 0 Å². The standard InChI is InChI=1S/C18H23N5O3S/c1-27-18-21-20-17(22(18)14-5-2-3-6-14)7-4-10-19-12-13-11-15(23(25)26)8-9-16(13)24/h8-9,11-12,14,24H,2-7,10H2,1H3/p-1. The van der Waals surface area contributed by atoms with Crippen LogP contribution in [0.25, 0.3) is 0 Å². The third-order valence-electron chi connectivity index (χ3n) is 4.73. The van der Waals surface area contributed by atoms with Gasteiger partial charge in [0, 0.05) is 37.4 Å². The summed E-state index contributed by atoms with van der Waals surface area (Å²) < 4.78 is 2.28. The van der Waals surface area contributed by atoms with E-state index in [1.807, 2.05) is 6.26 Å². The van der Waals surface area contributed by atoms with Crippen LogP contribution in [0.3, 0.4) is 0 Å². The second-order valence-electron chi connectivity index (χ2n) is 6.53. The van der Waals surface area contributed by atoms with Gasteiger partial charge in [-0.15, -0.1) is 10.2 Å². The molecule has 0 radical (unpaired) electrons. The highest BCUT2D eigenvalue weighted by Crippen LogP contribution is 2.33. The lowest BCUT2D eigenvalue weighted by molar-refractivity contribution is -0.385. The van der Waals surface area contributed by atoms with Crippen LogP contribution in [0.5, 0.6) is 5.75 Å². The van der Waals surface area contributed by atoms with Crippen LogP contribution < -0.4 is 5.11 Å². The molecule has 0 atom stereocenters. The molecule has 1 heterocycles. The molecule has 0 spiro atoms. The van der Waals surface area contributed by atoms with Gasteiger partial charge in [0.1, 0.15) is 5.82 Å². The minimum absolute atomic E-state index is 0.106. The summed E-state index contributed by atoms with van der Waals surface area (Å²) in [6, 6.07) is 4.16. The topological polar surface area (TPSA) is 109 Å². The van der Waals surface area contributed by atoms with Crippen molar-refractivity contribution in [3.8, 4) is 5.75 Å². The lowest BCUT2D eigenvalue weighted by atomic mass is 10.2. The molecule has 0 amide bonds. The molecule has 8 nitrogen and oxygen atoms in total. The molecule has 1 saturated carbocycles. The van der Waals surface area contributed by atoms with Gasteiger partial charge in [-0.1, -0.05) is 36.4 Å². The Morgan fingerprint density at radius 3 is 2.85 bits per heavy atom. The lowest BCUT2D eigenvalue weighted by Crippen LogP contribution is -2.11. The van der Waals surface area contributed by atoms with E-state index in [0.717, 1.165) is 23.8 Å². The molecule has 3 rings (SSSR count). The fraction of sp³-hybridized carbons (Fsp3) is 0.500. The average Bonchev–Trinajstić information content (AvgIpc) is 3.31. The zero-order chi connectivity index (χ0) is 19.2. The van der Waals surface area contributed by atoms with E-state index in [2.05, 4.69) is 19.8 Å². The Hall–Kier alpha value is -2.42. The number of hydrogen-bond acceptors (Lipinski definition) is 7. The molecule has 1 aliphatic carbocycles. The third kappa shape index (κ3) is 4.65. The van der Waals surface area contributed by atoms with Crippen LogP contribution in [0, 0.1) is 10.1 Å². The smallest absolute Gasteiger partial charge is 0.270 e. The molecule has 0 N–H and O–H groups in total. The van der Waals surface area contributed by atoms with E-state index in [0.29, 0.717) is 12.6 Å². The van der Waals surface area contributed by atoms with Crippen LogP contribution in [-0.4, -0.2) is 38.7 Å². The molecule has 1 aliphatic rings. The van der Waals surface area contributed by atoms with Gasteiger partial charge < -0.3 is 9.67 Å². The monoisotopic (exact) mass is 388 g/mol. The van der Waals surface area contributed by atoms with E-state index >= 15 is 0 Å². The Morgan fingerprint density at radius 1 is 1.37 bits per heavy atom. The maximum absolute atomic E-state index is 11.8. The first-order valence-electron chi connectivity index (χ1n) is 9.03. The van der Waals surface area contributed by atoms with E-state index in [1.54, 1.807) is 11.8 Å². The molecular formula is C18H22N5O3S-. The fourth-order valence-corrected chi connectivity index (χ4v) is 3.96. The van der Waals surface area contributed by atoms with E-state index < -0.39 is 4.92 Å². The number of nitro groups is 1. The summed E-state index contributed by atoms with van der Waals surface area (Å²) in [7, 11) is 0. The lowest BCUT2D eigenvalue weighted by Gasteiger charge is -2.16. The first-order chi connectivity index (χ1) is 13.1. The van der Waals surface area contributed by atoms with Gasteiger partial charge in [0.25, 0.3) is 5.69 Å². The number of aliphatic imine (C=N–C) groups is 1. The second-order valence-corrected chi connectivity index (χ2v) is 7.30. The zero-order valence-electron chi connectivity index (χ0n) is 15.2. The second kappa shape index (κ2) is 8.98. The number of non-ortho nitro benzene ring substituents is 1. The van der Waals surface area contributed by atoms with E-state index in [9.17, 15) is 15.2 Å². The van der Waals surface area contributed by atoms with Crippen molar-refractivity contribution in [3.05, 3.63) is 39.7 Å². The van der Waals surface area contributed by atoms with Crippen molar-refractivity contribution < 1.29 is 10.0 Å². The molecule has 144 valence electrons. The number of benzene rings is 1. The third-order valence-corrected chi connectivity index (χ3v) is 5.37. The molecule has 1 fully saturated rings. The fourth-order valence-electron chi connectivity index (χ4n) is 3.39. The molecule has 0 bridgehead atoms. The highest BCUT2D eigenvalue weighted by atomic mass is 32.2. The van der Waals surface area contributed by atoms with Crippen LogP contribution in [0.2, 0.25) is 0 Å². The quantitative estimate of drug-likeness (QED) is 0.226. The van der Waals surface area contributed by atoms with Crippen molar-refractivity contribution in [3.63, 3.8) is 0 Å². The molecule has 0 saturated heterocycles. The molecular weight excluding hydrogens is 366 g/mol. The summed E-state index contributed by atoms with van der Waals surface area (Å²) in [4.78, 5) is 14.6. The largest absolute Gasteiger partial charge is 0.872 e. The van der Waals surface area contributed by atoms with Gasteiger partial charge in [0.2, 0.25) is 0 Å². The van der Waals surface area contributed by atoms with Gasteiger partial charge in [-0.3, -0.25) is 15.1 Å². The van der Waals surface area contributed by atoms with Crippen LogP contribution >= 0.6 is 11.8 Å². The summed E-state index contributed by atoms with van der Waals surface area (Å²) in [5, 5.41) is 32.2. The van der Waals surface area contributed by atoms with Gasteiger partial charge in [0.15, 0.2) is 5.16 Å². The van der Waals surface area contributed by atoms with Crippen molar-refractivity contribution in [1.82, 2.24) is 14.8 Å². The van der Waals surface area contributed by atoms with Crippen molar-refractivity contribution in [2.45, 2.75) is 49.7 Å². The number of nitro benzene ring substituents is 1. The molecule has 0 aliphatic heterocycles. The predicted octanol–water partition coefficient (Wildman–Crippen LogP) is 3.15. The Morgan fingerprint density at radius 2 is 2.15 bits per heavy atom. The zero-order valence-corrected chi connectivity index (χ0v) is 16.0. The van der Waals surface area contributed by atoms with Gasteiger partial charge in [-0.2, -0.15) is 0 Å². The molecule has 27 heavy (non-hydrogen) atoms. The Bertz CT molecular complexity index is 830. The average molecular weight is 388 g/mol. The number of nitrogens with zero attached hydrogens (tertiary/aromatic N) is 5. The Kier molecular flexibility index (Phi) is 6.44. The van der Waals surface area contributed by atoms with Crippen molar-refractivity contribution in [2.24, 2.45) is 4.99 Å². The minimum atomic E-state index is -0.518. The number of thioether (sulfide) groups is 1. The van der Waals surface area contributed by atoms with E-state index in [4.69, 9.17) is 0 Å². The molecule has 0 unspecified atom stereocenters. The predicted molar refractivity (Wildman–Crippen MR) is 103 cm³/mol. The number of hydrogen-bond donors (Lipinski definition) is 0. The summed E-state index contributed by atoms with van der Waals surface area (Å²) in [5.41, 5.74) is 0.133. The van der Waals surface area contributed by atoms with E-state index in [1.165, 1.54) is 50.1 Å². The van der Waals surface area contributed by atoms with Gasteiger partial charge in [-0.25, -0.2) is 0 Å². The normalized spacial score (nSPS) is 15.0. The summed E-state index contributed by atoms with van der Waals surface area (Å²) in [5.74, 6) is 0.719. The summed E-state index contributed by atoms with van der Waals surface area (Å²) in [6.07, 6.45) is 9.83. The minimum Gasteiger partial charge on any atom is -0.872 e. The maximum atomic E-state index is 11.8. The van der Waals surface area contributed by atoms with Gasteiger partial charge in [-0.05, 0) is 31.1 Å². The first-order valence-corrected chi connectivity index (χ1v) is 10.3. The Balaban J connectivity index is 1.59. The molecule has 1 aromatic carbocycles. The summed E-state index contributed by atoms with van der Waals surface area (Å²) >= 11 is 1.62. The number of aromatic nitrogens is 3. The van der Waals surface area contributed by atoms with Crippen molar-refractivity contribution in [2.75, 3.05) is 12.8 Å². The van der Waals surface area contributed by atoms with Gasteiger partial charge in [0.05, 0.1) is 4.92 Å². The number of aryl methyl sites for hydroxylation is 1. The highest BCUT2D eigenvalue weighted by molar-refractivity contribution is 7.98. The Labute approximate surface area is 161 Å². The summed E-state index contributed by atoms with van der Waals surface area (Å²) in [6.45, 7) is 0.522. The van der Waals surface area contributed by atoms with Crippen molar-refractivity contribution >= 4 is 23.7 Å². The number of rotatable bonds is 8. The molecule has 1 aromatic heterocycles. The van der Waals surface area contributed by atoms with Crippen molar-refractivity contribution in [1.29, 1.82) is 0 Å². The maximum Gasteiger partial charge on any atom is 0.270 e. The van der Waals surface area contributed by atoms with Crippen LogP contribution in [0.4, 0.5) is 5.69 Å².